The van der Waals surface area contributed by atoms with E-state index in [-0.39, 0.29) is 0 Å². The predicted octanol–water partition coefficient (Wildman–Crippen LogP) is 13.7. The first kappa shape index (κ1) is 33.6. The van der Waals surface area contributed by atoms with E-state index in [9.17, 15) is 0 Å². The van der Waals surface area contributed by atoms with Gasteiger partial charge in [-0.3, -0.25) is 4.98 Å². The molecule has 0 saturated heterocycles. The fraction of sp³-hybridized carbons (Fsp3) is 0.0385. The van der Waals surface area contributed by atoms with Crippen LogP contribution in [0.4, 0.5) is 0 Å². The molecule has 4 heterocycles. The van der Waals surface area contributed by atoms with E-state index in [0.29, 0.717) is 17.5 Å². The third-order valence-corrected chi connectivity index (χ3v) is 10.9. The van der Waals surface area contributed by atoms with Crippen molar-refractivity contribution in [1.82, 2.24) is 19.9 Å². The number of fused-ring (bicyclic) bond motifs is 6. The maximum Gasteiger partial charge on any atom is 0.167 e. The van der Waals surface area contributed by atoms with Gasteiger partial charge in [-0.05, 0) is 72.5 Å². The third-order valence-electron chi connectivity index (χ3n) is 10.9. The average Bonchev–Trinajstić information content (AvgIpc) is 3.85. The number of aryl methyl sites for hydroxylation is 2. The first-order valence-electron chi connectivity index (χ1n) is 19.4. The molecule has 6 nitrogen and oxygen atoms in total. The van der Waals surface area contributed by atoms with Crippen molar-refractivity contribution in [3.8, 4) is 67.7 Å². The summed E-state index contributed by atoms with van der Waals surface area (Å²) in [5.74, 6) is 1.50. The van der Waals surface area contributed by atoms with E-state index in [1.54, 1.807) is 0 Å². The summed E-state index contributed by atoms with van der Waals surface area (Å²) in [5.41, 5.74) is 14.6. The lowest BCUT2D eigenvalue weighted by Crippen LogP contribution is -2.01. The van der Waals surface area contributed by atoms with Gasteiger partial charge in [0, 0.05) is 38.9 Å². The second kappa shape index (κ2) is 13.5. The van der Waals surface area contributed by atoms with Gasteiger partial charge in [0.2, 0.25) is 0 Å². The molecule has 0 amide bonds. The fourth-order valence-electron chi connectivity index (χ4n) is 8.23. The maximum absolute atomic E-state index is 6.45. The number of pyridine rings is 1. The van der Waals surface area contributed by atoms with Crippen LogP contribution in [0.15, 0.2) is 179 Å². The molecule has 0 bridgehead atoms. The van der Waals surface area contributed by atoms with Crippen molar-refractivity contribution < 1.29 is 8.83 Å². The van der Waals surface area contributed by atoms with E-state index >= 15 is 0 Å². The van der Waals surface area contributed by atoms with Gasteiger partial charge in [-0.15, -0.1) is 0 Å². The number of rotatable bonds is 6. The lowest BCUT2D eigenvalue weighted by molar-refractivity contribution is 0.669. The van der Waals surface area contributed by atoms with Gasteiger partial charge in [-0.2, -0.15) is 0 Å². The van der Waals surface area contributed by atoms with Crippen molar-refractivity contribution in [2.45, 2.75) is 13.8 Å². The standard InChI is InChI=1S/C52H34N4O2/c1-31-27-32(2)29-36(28-31)38-12-4-3-11-37(38)33-21-23-34(24-22-33)45-26-25-35(30-53-45)50-54-51(43-17-9-15-41-39-13-5-7-19-46(39)57-48(41)43)56-52(55-50)44-18-10-16-42-40-14-6-8-20-47(40)58-49(42)44/h3-30H,1-2H3. The van der Waals surface area contributed by atoms with Gasteiger partial charge in [0.05, 0.1) is 16.8 Å². The fourth-order valence-corrected chi connectivity index (χ4v) is 8.23. The van der Waals surface area contributed by atoms with Gasteiger partial charge in [-0.25, -0.2) is 15.0 Å². The number of hydrogen-bond acceptors (Lipinski definition) is 6. The molecule has 0 unspecified atom stereocenters. The summed E-state index contributed by atoms with van der Waals surface area (Å²) in [7, 11) is 0. The van der Waals surface area contributed by atoms with Crippen LogP contribution >= 0.6 is 0 Å². The van der Waals surface area contributed by atoms with Crippen molar-refractivity contribution in [1.29, 1.82) is 0 Å². The van der Waals surface area contributed by atoms with E-state index in [1.807, 2.05) is 79.0 Å². The Hall–Kier alpha value is -7.70. The van der Waals surface area contributed by atoms with Gasteiger partial charge in [-0.1, -0.05) is 139 Å². The largest absolute Gasteiger partial charge is 0.455 e. The lowest BCUT2D eigenvalue weighted by atomic mass is 9.92. The Morgan fingerprint density at radius 1 is 0.362 bits per heavy atom. The molecule has 6 heteroatoms. The summed E-state index contributed by atoms with van der Waals surface area (Å²) in [6.07, 6.45) is 1.84. The highest BCUT2D eigenvalue weighted by atomic mass is 16.3. The average molecular weight is 747 g/mol. The highest BCUT2D eigenvalue weighted by Gasteiger charge is 2.20. The minimum Gasteiger partial charge on any atom is -0.455 e. The molecule has 0 spiro atoms. The molecule has 0 aliphatic carbocycles. The van der Waals surface area contributed by atoms with Crippen molar-refractivity contribution in [2.24, 2.45) is 0 Å². The number of nitrogens with zero attached hydrogens (tertiary/aromatic N) is 4. The third kappa shape index (κ3) is 5.73. The van der Waals surface area contributed by atoms with Crippen molar-refractivity contribution >= 4 is 43.9 Å². The highest BCUT2D eigenvalue weighted by molar-refractivity contribution is 6.10. The van der Waals surface area contributed by atoms with Crippen LogP contribution in [0.2, 0.25) is 0 Å². The molecule has 4 aromatic heterocycles. The van der Waals surface area contributed by atoms with Crippen molar-refractivity contribution in [3.63, 3.8) is 0 Å². The molecule has 58 heavy (non-hydrogen) atoms. The molecule has 0 aliphatic rings. The molecule has 11 rings (SSSR count). The van der Waals surface area contributed by atoms with Gasteiger partial charge < -0.3 is 8.83 Å². The summed E-state index contributed by atoms with van der Waals surface area (Å²) in [5, 5.41) is 4.09. The quantitative estimate of drug-likeness (QED) is 0.169. The van der Waals surface area contributed by atoms with E-state index in [1.165, 1.54) is 27.8 Å². The monoisotopic (exact) mass is 746 g/mol. The minimum absolute atomic E-state index is 0.499. The zero-order valence-corrected chi connectivity index (χ0v) is 31.8. The van der Waals surface area contributed by atoms with Crippen molar-refractivity contribution in [2.75, 3.05) is 0 Å². The van der Waals surface area contributed by atoms with Gasteiger partial charge in [0.1, 0.15) is 22.3 Å². The Bertz CT molecular complexity index is 3210. The smallest absolute Gasteiger partial charge is 0.167 e. The van der Waals surface area contributed by atoms with Gasteiger partial charge >= 0.3 is 0 Å². The van der Waals surface area contributed by atoms with E-state index < -0.39 is 0 Å². The topological polar surface area (TPSA) is 77.8 Å². The van der Waals surface area contributed by atoms with Crippen LogP contribution in [0.5, 0.6) is 0 Å². The summed E-state index contributed by atoms with van der Waals surface area (Å²) < 4.78 is 12.9. The summed E-state index contributed by atoms with van der Waals surface area (Å²) in [6.45, 7) is 4.30. The second-order valence-corrected chi connectivity index (χ2v) is 14.8. The van der Waals surface area contributed by atoms with Crippen LogP contribution in [0.25, 0.3) is 112 Å². The number of furan rings is 2. The van der Waals surface area contributed by atoms with Crippen LogP contribution < -0.4 is 0 Å². The molecular formula is C52H34N4O2. The Kier molecular flexibility index (Phi) is 7.83. The normalized spacial score (nSPS) is 11.6. The number of benzene rings is 7. The molecule has 0 N–H and O–H groups in total. The van der Waals surface area contributed by atoms with Crippen LogP contribution in [-0.4, -0.2) is 19.9 Å². The number of para-hydroxylation sites is 4. The molecule has 0 fully saturated rings. The van der Waals surface area contributed by atoms with Crippen LogP contribution in [-0.2, 0) is 0 Å². The lowest BCUT2D eigenvalue weighted by Gasteiger charge is -2.12. The minimum atomic E-state index is 0.499. The van der Waals surface area contributed by atoms with E-state index in [4.69, 9.17) is 28.8 Å². The Morgan fingerprint density at radius 2 is 0.828 bits per heavy atom. The van der Waals surface area contributed by atoms with Crippen LogP contribution in [0.3, 0.4) is 0 Å². The molecule has 0 atom stereocenters. The number of hydrogen-bond donors (Lipinski definition) is 0. The Balaban J connectivity index is 1.00. The molecule has 0 saturated carbocycles. The molecule has 0 aliphatic heterocycles. The van der Waals surface area contributed by atoms with E-state index in [2.05, 4.69) is 105 Å². The maximum atomic E-state index is 6.45. The first-order chi connectivity index (χ1) is 28.5. The van der Waals surface area contributed by atoms with E-state index in [0.717, 1.165) is 77.4 Å². The zero-order valence-electron chi connectivity index (χ0n) is 31.8. The van der Waals surface area contributed by atoms with Crippen molar-refractivity contribution in [3.05, 3.63) is 181 Å². The summed E-state index contributed by atoms with van der Waals surface area (Å²) in [4.78, 5) is 20.2. The summed E-state index contributed by atoms with van der Waals surface area (Å²) >= 11 is 0. The summed E-state index contributed by atoms with van der Waals surface area (Å²) in [6, 6.07) is 56.3. The molecular weight excluding hydrogens is 713 g/mol. The predicted molar refractivity (Wildman–Crippen MR) is 234 cm³/mol. The second-order valence-electron chi connectivity index (χ2n) is 14.8. The molecule has 7 aromatic carbocycles. The molecule has 274 valence electrons. The zero-order chi connectivity index (χ0) is 38.7. The molecule has 0 radical (unpaired) electrons. The Labute approximate surface area is 334 Å². The van der Waals surface area contributed by atoms with Gasteiger partial charge in [0.15, 0.2) is 17.5 Å². The van der Waals surface area contributed by atoms with Gasteiger partial charge in [0.25, 0.3) is 0 Å². The Morgan fingerprint density at radius 3 is 1.40 bits per heavy atom. The van der Waals surface area contributed by atoms with Crippen LogP contribution in [0, 0.1) is 13.8 Å². The first-order valence-corrected chi connectivity index (χ1v) is 19.4. The molecule has 11 aromatic rings. The highest BCUT2D eigenvalue weighted by Crippen LogP contribution is 2.39. The SMILES string of the molecule is Cc1cc(C)cc(-c2ccccc2-c2ccc(-c3ccc(-c4nc(-c5cccc6c5oc5ccccc56)nc(-c5cccc6c5oc5ccccc56)n4)cn3)cc2)c1. The number of aromatic nitrogens is 4. The van der Waals surface area contributed by atoms with Crippen LogP contribution in [0.1, 0.15) is 11.1 Å².